The van der Waals surface area contributed by atoms with E-state index in [4.69, 9.17) is 11.6 Å². The van der Waals surface area contributed by atoms with Crippen molar-refractivity contribution in [1.29, 1.82) is 0 Å². The van der Waals surface area contributed by atoms with Gasteiger partial charge in [0.05, 0.1) is 22.9 Å². The zero-order valence-electron chi connectivity index (χ0n) is 13.5. The van der Waals surface area contributed by atoms with E-state index in [2.05, 4.69) is 25.4 Å². The highest BCUT2D eigenvalue weighted by Crippen LogP contribution is 2.19. The van der Waals surface area contributed by atoms with Gasteiger partial charge < -0.3 is 5.32 Å². The predicted molar refractivity (Wildman–Crippen MR) is 96.1 cm³/mol. The zero-order chi connectivity index (χ0) is 17.8. The fraction of sp³-hybridized carbons (Fsp3) is 0.188. The summed E-state index contributed by atoms with van der Waals surface area (Å²) >= 11 is 7.40. The number of carbonyl (C=O) groups is 1. The predicted octanol–water partition coefficient (Wildman–Crippen LogP) is 2.92. The summed E-state index contributed by atoms with van der Waals surface area (Å²) in [6.07, 6.45) is 6.38. The Morgan fingerprint density at radius 2 is 2.08 bits per heavy atom. The number of thioether (sulfide) groups is 1. The van der Waals surface area contributed by atoms with E-state index in [0.29, 0.717) is 5.16 Å². The van der Waals surface area contributed by atoms with Gasteiger partial charge in [0, 0.05) is 0 Å². The first kappa shape index (κ1) is 17.4. The van der Waals surface area contributed by atoms with Crippen LogP contribution in [0.1, 0.15) is 29.0 Å². The molecule has 0 aliphatic heterocycles. The van der Waals surface area contributed by atoms with Gasteiger partial charge in [0.25, 0.3) is 5.91 Å². The Bertz CT molecular complexity index is 869. The van der Waals surface area contributed by atoms with Gasteiger partial charge in [-0.05, 0) is 30.9 Å². The molecular formula is C16H15ClN6OS. The monoisotopic (exact) mass is 374 g/mol. The topological polar surface area (TPSA) is 85.6 Å². The molecule has 128 valence electrons. The van der Waals surface area contributed by atoms with Gasteiger partial charge in [0.2, 0.25) is 0 Å². The van der Waals surface area contributed by atoms with E-state index in [9.17, 15) is 4.79 Å². The molecular weight excluding hydrogens is 360 g/mol. The first-order valence-electron chi connectivity index (χ1n) is 7.41. The zero-order valence-corrected chi connectivity index (χ0v) is 15.1. The molecule has 9 heteroatoms. The molecule has 0 fully saturated rings. The number of aromatic nitrogens is 5. The number of rotatable bonds is 5. The minimum absolute atomic E-state index is 0.173. The Labute approximate surface area is 153 Å². The maximum Gasteiger partial charge on any atom is 0.272 e. The highest BCUT2D eigenvalue weighted by molar-refractivity contribution is 7.98. The van der Waals surface area contributed by atoms with E-state index in [0.717, 1.165) is 11.3 Å². The molecule has 0 aliphatic rings. The summed E-state index contributed by atoms with van der Waals surface area (Å²) in [6, 6.07) is 7.47. The molecule has 0 saturated heterocycles. The summed E-state index contributed by atoms with van der Waals surface area (Å²) in [6.45, 7) is 1.90. The Balaban J connectivity index is 1.73. The first-order valence-corrected chi connectivity index (χ1v) is 9.01. The molecule has 1 aromatic carbocycles. The number of nitrogens with zero attached hydrogens (tertiary/aromatic N) is 5. The standard InChI is InChI=1S/C16H15ClN6OS/c1-10(11-3-5-12(6-4-11)23-9-18-8-20-23)21-15(24)14-13(17)7-19-16(22-14)25-2/h3-10H,1-2H3,(H,21,24)/t10-/m0/s1. The van der Waals surface area contributed by atoms with E-state index >= 15 is 0 Å². The molecule has 2 aromatic heterocycles. The van der Waals surface area contributed by atoms with Gasteiger partial charge in [-0.1, -0.05) is 35.5 Å². The van der Waals surface area contributed by atoms with E-state index in [1.165, 1.54) is 24.3 Å². The van der Waals surface area contributed by atoms with Gasteiger partial charge in [-0.15, -0.1) is 0 Å². The average Bonchev–Trinajstić information content (AvgIpc) is 3.17. The van der Waals surface area contributed by atoms with Crippen LogP contribution in [0.25, 0.3) is 5.69 Å². The van der Waals surface area contributed by atoms with Crippen molar-refractivity contribution in [2.24, 2.45) is 0 Å². The summed E-state index contributed by atoms with van der Waals surface area (Å²) in [4.78, 5) is 24.6. The van der Waals surface area contributed by atoms with Crippen LogP contribution in [0.4, 0.5) is 0 Å². The van der Waals surface area contributed by atoms with Crippen molar-refractivity contribution in [2.75, 3.05) is 6.26 Å². The maximum absolute atomic E-state index is 12.5. The molecule has 0 saturated carbocycles. The van der Waals surface area contributed by atoms with Crippen LogP contribution in [-0.2, 0) is 0 Å². The number of amides is 1. The molecule has 3 rings (SSSR count). The molecule has 1 amide bonds. The highest BCUT2D eigenvalue weighted by Gasteiger charge is 2.17. The van der Waals surface area contributed by atoms with Crippen molar-refractivity contribution in [2.45, 2.75) is 18.1 Å². The molecule has 3 aromatic rings. The molecule has 2 heterocycles. The lowest BCUT2D eigenvalue weighted by Gasteiger charge is -2.15. The normalized spacial score (nSPS) is 12.0. The lowest BCUT2D eigenvalue weighted by Crippen LogP contribution is -2.28. The molecule has 7 nitrogen and oxygen atoms in total. The highest BCUT2D eigenvalue weighted by atomic mass is 35.5. The summed E-state index contributed by atoms with van der Waals surface area (Å²) in [5.41, 5.74) is 2.02. The molecule has 0 bridgehead atoms. The smallest absolute Gasteiger partial charge is 0.272 e. The quantitative estimate of drug-likeness (QED) is 0.546. The minimum Gasteiger partial charge on any atom is -0.344 e. The number of carbonyl (C=O) groups excluding carboxylic acids is 1. The van der Waals surface area contributed by atoms with Gasteiger partial charge in [0.15, 0.2) is 10.9 Å². The van der Waals surface area contributed by atoms with Gasteiger partial charge in [0.1, 0.15) is 12.7 Å². The van der Waals surface area contributed by atoms with E-state index in [1.807, 2.05) is 37.4 Å². The largest absolute Gasteiger partial charge is 0.344 e. The Morgan fingerprint density at radius 1 is 1.32 bits per heavy atom. The summed E-state index contributed by atoms with van der Waals surface area (Å²) in [7, 11) is 0. The van der Waals surface area contributed by atoms with Crippen LogP contribution in [0.2, 0.25) is 5.02 Å². The van der Waals surface area contributed by atoms with Crippen molar-refractivity contribution >= 4 is 29.3 Å². The van der Waals surface area contributed by atoms with Gasteiger partial charge in [-0.25, -0.2) is 19.6 Å². The first-order chi connectivity index (χ1) is 12.1. The Morgan fingerprint density at radius 3 is 2.72 bits per heavy atom. The van der Waals surface area contributed by atoms with Gasteiger partial charge in [-0.2, -0.15) is 5.10 Å². The molecule has 0 spiro atoms. The number of nitrogens with one attached hydrogen (secondary N) is 1. The van der Waals surface area contributed by atoms with Crippen LogP contribution in [0.5, 0.6) is 0 Å². The Kier molecular flexibility index (Phi) is 5.30. The number of benzene rings is 1. The summed E-state index contributed by atoms with van der Waals surface area (Å²) in [5, 5.41) is 7.71. The lowest BCUT2D eigenvalue weighted by molar-refractivity contribution is 0.0934. The number of hydrogen-bond acceptors (Lipinski definition) is 6. The van der Waals surface area contributed by atoms with Crippen molar-refractivity contribution in [1.82, 2.24) is 30.0 Å². The third-order valence-corrected chi connectivity index (χ3v) is 4.38. The summed E-state index contributed by atoms with van der Waals surface area (Å²) < 4.78 is 1.66. The van der Waals surface area contributed by atoms with Crippen LogP contribution in [0.3, 0.4) is 0 Å². The van der Waals surface area contributed by atoms with Crippen LogP contribution in [-0.4, -0.2) is 36.9 Å². The fourth-order valence-electron chi connectivity index (χ4n) is 2.21. The van der Waals surface area contributed by atoms with Crippen LogP contribution < -0.4 is 5.32 Å². The van der Waals surface area contributed by atoms with E-state index < -0.39 is 0 Å². The average molecular weight is 375 g/mol. The van der Waals surface area contributed by atoms with Crippen LogP contribution in [0.15, 0.2) is 48.3 Å². The van der Waals surface area contributed by atoms with Crippen LogP contribution >= 0.6 is 23.4 Å². The van der Waals surface area contributed by atoms with Gasteiger partial charge >= 0.3 is 0 Å². The second-order valence-corrected chi connectivity index (χ2v) is 6.36. The van der Waals surface area contributed by atoms with Gasteiger partial charge in [-0.3, -0.25) is 4.79 Å². The second-order valence-electron chi connectivity index (χ2n) is 5.18. The van der Waals surface area contributed by atoms with Crippen molar-refractivity contribution in [3.8, 4) is 5.69 Å². The maximum atomic E-state index is 12.5. The molecule has 25 heavy (non-hydrogen) atoms. The third-order valence-electron chi connectivity index (χ3n) is 3.54. The van der Waals surface area contributed by atoms with Crippen molar-refractivity contribution < 1.29 is 4.79 Å². The lowest BCUT2D eigenvalue weighted by atomic mass is 10.1. The fourth-order valence-corrected chi connectivity index (χ4v) is 2.73. The van der Waals surface area contributed by atoms with Crippen molar-refractivity contribution in [3.63, 3.8) is 0 Å². The van der Waals surface area contributed by atoms with E-state index in [-0.39, 0.29) is 22.7 Å². The molecule has 0 aliphatic carbocycles. The van der Waals surface area contributed by atoms with E-state index in [1.54, 1.807) is 11.0 Å². The molecule has 0 unspecified atom stereocenters. The minimum atomic E-state index is -0.337. The van der Waals surface area contributed by atoms with Crippen LogP contribution in [0, 0.1) is 0 Å². The number of halogens is 1. The third kappa shape index (κ3) is 3.97. The molecule has 1 atom stereocenters. The second kappa shape index (κ2) is 7.62. The van der Waals surface area contributed by atoms with Crippen molar-refractivity contribution in [3.05, 3.63) is 59.4 Å². The summed E-state index contributed by atoms with van der Waals surface area (Å²) in [5.74, 6) is -0.337. The molecule has 0 radical (unpaired) electrons. The SMILES string of the molecule is CSc1ncc(Cl)c(C(=O)N[C@@H](C)c2ccc(-n3cncn3)cc2)n1. The molecule has 1 N–H and O–H groups in total. The Hall–Kier alpha value is -2.45. The number of hydrogen-bond donors (Lipinski definition) is 1.